The molecule has 3 nitrogen and oxygen atoms in total. The smallest absolute Gasteiger partial charge is 0.138 e. The van der Waals surface area contributed by atoms with Crippen molar-refractivity contribution in [3.63, 3.8) is 0 Å². The zero-order valence-corrected chi connectivity index (χ0v) is 11.1. The van der Waals surface area contributed by atoms with E-state index in [1.165, 1.54) is 32.1 Å². The number of unbranched alkanes of at least 4 members (excludes halogenated alkanes) is 3. The van der Waals surface area contributed by atoms with Crippen LogP contribution in [-0.2, 0) is 7.05 Å². The topological polar surface area (TPSA) is 30.7 Å². The molecule has 92 valence electrons. The van der Waals surface area contributed by atoms with E-state index in [9.17, 15) is 0 Å². The van der Waals surface area contributed by atoms with Crippen molar-refractivity contribution in [1.29, 1.82) is 0 Å². The highest BCUT2D eigenvalue weighted by molar-refractivity contribution is 4.95. The summed E-state index contributed by atoms with van der Waals surface area (Å²) in [6, 6.07) is 0. The molecule has 0 aliphatic rings. The molecule has 0 saturated heterocycles. The first-order valence-electron chi connectivity index (χ1n) is 6.50. The first-order valence-corrected chi connectivity index (χ1v) is 6.50. The molecule has 2 atom stereocenters. The predicted octanol–water partition coefficient (Wildman–Crippen LogP) is 3.53. The SMILES string of the molecule is CCCCCCC(C)C(C)c1ncnn1C. The molecule has 2 unspecified atom stereocenters. The Hall–Kier alpha value is -0.860. The maximum atomic E-state index is 4.33. The van der Waals surface area contributed by atoms with Crippen LogP contribution in [0.4, 0.5) is 0 Å². The fourth-order valence-corrected chi connectivity index (χ4v) is 2.11. The van der Waals surface area contributed by atoms with Crippen LogP contribution in [0.2, 0.25) is 0 Å². The number of nitrogens with zero attached hydrogens (tertiary/aromatic N) is 3. The molecule has 0 saturated carbocycles. The minimum atomic E-state index is 0.508. The van der Waals surface area contributed by atoms with Crippen LogP contribution in [0.5, 0.6) is 0 Å². The Bertz CT molecular complexity index is 293. The Balaban J connectivity index is 2.36. The van der Waals surface area contributed by atoms with Crippen molar-refractivity contribution in [1.82, 2.24) is 14.8 Å². The fourth-order valence-electron chi connectivity index (χ4n) is 2.11. The molecule has 1 aromatic rings. The Morgan fingerprint density at radius 2 is 2.00 bits per heavy atom. The van der Waals surface area contributed by atoms with Crippen LogP contribution in [0.1, 0.15) is 64.6 Å². The van der Waals surface area contributed by atoms with Gasteiger partial charge in [0.25, 0.3) is 0 Å². The summed E-state index contributed by atoms with van der Waals surface area (Å²) < 4.78 is 1.90. The van der Waals surface area contributed by atoms with Crippen molar-refractivity contribution in [2.45, 2.75) is 58.8 Å². The molecule has 0 spiro atoms. The zero-order valence-electron chi connectivity index (χ0n) is 11.1. The standard InChI is InChI=1S/C13H25N3/c1-5-6-7-8-9-11(2)12(3)13-14-10-15-16(13)4/h10-12H,5-9H2,1-4H3. The summed E-state index contributed by atoms with van der Waals surface area (Å²) in [5.74, 6) is 2.32. The van der Waals surface area contributed by atoms with Crippen LogP contribution in [0, 0.1) is 5.92 Å². The lowest BCUT2D eigenvalue weighted by Crippen LogP contribution is -2.12. The van der Waals surface area contributed by atoms with Gasteiger partial charge < -0.3 is 0 Å². The summed E-state index contributed by atoms with van der Waals surface area (Å²) in [6.07, 6.45) is 8.34. The highest BCUT2D eigenvalue weighted by atomic mass is 15.3. The molecule has 0 aliphatic heterocycles. The van der Waals surface area contributed by atoms with E-state index in [0.717, 1.165) is 5.82 Å². The van der Waals surface area contributed by atoms with Gasteiger partial charge in [-0.2, -0.15) is 5.10 Å². The van der Waals surface area contributed by atoms with Crippen LogP contribution in [0.3, 0.4) is 0 Å². The predicted molar refractivity (Wildman–Crippen MR) is 67.3 cm³/mol. The van der Waals surface area contributed by atoms with Gasteiger partial charge in [0.1, 0.15) is 12.2 Å². The first kappa shape index (κ1) is 13.2. The van der Waals surface area contributed by atoms with Gasteiger partial charge in [-0.1, -0.05) is 52.9 Å². The average Bonchev–Trinajstić information content (AvgIpc) is 2.69. The summed E-state index contributed by atoms with van der Waals surface area (Å²) in [6.45, 7) is 6.84. The molecule has 3 heteroatoms. The number of hydrogen-bond donors (Lipinski definition) is 0. The molecule has 1 heterocycles. The Labute approximate surface area is 99.3 Å². The Morgan fingerprint density at radius 1 is 1.25 bits per heavy atom. The third-order valence-corrected chi connectivity index (χ3v) is 3.52. The van der Waals surface area contributed by atoms with E-state index in [-0.39, 0.29) is 0 Å². The van der Waals surface area contributed by atoms with Gasteiger partial charge in [-0.05, 0) is 5.92 Å². The number of aryl methyl sites for hydroxylation is 1. The van der Waals surface area contributed by atoms with Gasteiger partial charge in [0.15, 0.2) is 0 Å². The molecule has 1 aromatic heterocycles. The van der Waals surface area contributed by atoms with E-state index in [1.807, 2.05) is 11.7 Å². The highest BCUT2D eigenvalue weighted by Gasteiger charge is 2.17. The summed E-state index contributed by atoms with van der Waals surface area (Å²) in [5, 5.41) is 4.14. The van der Waals surface area contributed by atoms with E-state index < -0.39 is 0 Å². The van der Waals surface area contributed by atoms with Crippen molar-refractivity contribution in [2.24, 2.45) is 13.0 Å². The van der Waals surface area contributed by atoms with E-state index in [0.29, 0.717) is 11.8 Å². The largest absolute Gasteiger partial charge is 0.253 e. The molecule has 16 heavy (non-hydrogen) atoms. The second-order valence-corrected chi connectivity index (χ2v) is 4.86. The van der Waals surface area contributed by atoms with E-state index in [4.69, 9.17) is 0 Å². The Kier molecular flexibility index (Phi) is 5.50. The van der Waals surface area contributed by atoms with Crippen molar-refractivity contribution in [3.05, 3.63) is 12.2 Å². The second kappa shape index (κ2) is 6.66. The lowest BCUT2D eigenvalue weighted by Gasteiger charge is -2.18. The number of hydrogen-bond acceptors (Lipinski definition) is 2. The molecular weight excluding hydrogens is 198 g/mol. The first-order chi connectivity index (χ1) is 7.66. The van der Waals surface area contributed by atoms with Crippen LogP contribution < -0.4 is 0 Å². The lowest BCUT2D eigenvalue weighted by molar-refractivity contribution is 0.405. The van der Waals surface area contributed by atoms with Gasteiger partial charge in [-0.15, -0.1) is 0 Å². The number of rotatable bonds is 7. The molecule has 0 N–H and O–H groups in total. The molecular formula is C13H25N3. The monoisotopic (exact) mass is 223 g/mol. The van der Waals surface area contributed by atoms with E-state index in [1.54, 1.807) is 6.33 Å². The van der Waals surface area contributed by atoms with Crippen LogP contribution in [0.15, 0.2) is 6.33 Å². The molecule has 0 amide bonds. The summed E-state index contributed by atoms with van der Waals surface area (Å²) in [4.78, 5) is 4.33. The highest BCUT2D eigenvalue weighted by Crippen LogP contribution is 2.26. The van der Waals surface area contributed by atoms with Crippen molar-refractivity contribution in [3.8, 4) is 0 Å². The minimum Gasteiger partial charge on any atom is -0.253 e. The van der Waals surface area contributed by atoms with Gasteiger partial charge in [-0.25, -0.2) is 4.98 Å². The molecule has 0 aliphatic carbocycles. The number of aromatic nitrogens is 3. The maximum Gasteiger partial charge on any atom is 0.138 e. The zero-order chi connectivity index (χ0) is 12.0. The fraction of sp³-hybridized carbons (Fsp3) is 0.846. The van der Waals surface area contributed by atoms with Crippen molar-refractivity contribution >= 4 is 0 Å². The van der Waals surface area contributed by atoms with Gasteiger partial charge in [0.05, 0.1) is 0 Å². The Morgan fingerprint density at radius 3 is 2.56 bits per heavy atom. The molecule has 0 radical (unpaired) electrons. The molecule has 0 bridgehead atoms. The van der Waals surface area contributed by atoms with Gasteiger partial charge in [0, 0.05) is 13.0 Å². The van der Waals surface area contributed by atoms with Crippen LogP contribution in [0.25, 0.3) is 0 Å². The third kappa shape index (κ3) is 3.62. The van der Waals surface area contributed by atoms with Gasteiger partial charge in [0.2, 0.25) is 0 Å². The normalized spacial score (nSPS) is 15.0. The summed E-state index contributed by atoms with van der Waals surface area (Å²) in [5.41, 5.74) is 0. The summed E-state index contributed by atoms with van der Waals surface area (Å²) >= 11 is 0. The van der Waals surface area contributed by atoms with Crippen LogP contribution >= 0.6 is 0 Å². The van der Waals surface area contributed by atoms with E-state index in [2.05, 4.69) is 30.9 Å². The molecule has 0 aromatic carbocycles. The van der Waals surface area contributed by atoms with Crippen LogP contribution in [-0.4, -0.2) is 14.8 Å². The maximum absolute atomic E-state index is 4.33. The minimum absolute atomic E-state index is 0.508. The van der Waals surface area contributed by atoms with Gasteiger partial charge >= 0.3 is 0 Å². The molecule has 1 rings (SSSR count). The van der Waals surface area contributed by atoms with Crippen molar-refractivity contribution in [2.75, 3.05) is 0 Å². The molecule has 0 fully saturated rings. The van der Waals surface area contributed by atoms with Gasteiger partial charge in [-0.3, -0.25) is 4.68 Å². The van der Waals surface area contributed by atoms with E-state index >= 15 is 0 Å². The van der Waals surface area contributed by atoms with Crippen molar-refractivity contribution < 1.29 is 0 Å². The second-order valence-electron chi connectivity index (χ2n) is 4.86. The quantitative estimate of drug-likeness (QED) is 0.662. The average molecular weight is 223 g/mol. The summed E-state index contributed by atoms with van der Waals surface area (Å²) in [7, 11) is 1.97. The third-order valence-electron chi connectivity index (χ3n) is 3.52. The lowest BCUT2D eigenvalue weighted by atomic mass is 9.90.